The zero-order chi connectivity index (χ0) is 18.5. The molecule has 6 heteroatoms. The summed E-state index contributed by atoms with van der Waals surface area (Å²) in [4.78, 5) is 30.7. The smallest absolute Gasteiger partial charge is 0.253 e. The first-order chi connectivity index (χ1) is 12.5. The fourth-order valence-electron chi connectivity index (χ4n) is 3.17. The molecule has 0 radical (unpaired) electrons. The average molecular weight is 355 g/mol. The lowest BCUT2D eigenvalue weighted by Crippen LogP contribution is -2.43. The molecule has 1 N–H and O–H groups in total. The SMILES string of the molecule is C[C@@H](NC(=O)C1CCN(C(=O)c2ccc(F)cc2)CC1)c1cccnc1. The lowest BCUT2D eigenvalue weighted by molar-refractivity contribution is -0.127. The minimum absolute atomic E-state index is 0.00948. The lowest BCUT2D eigenvalue weighted by atomic mass is 9.94. The number of hydrogen-bond donors (Lipinski definition) is 1. The van der Waals surface area contributed by atoms with Gasteiger partial charge in [0.2, 0.25) is 5.91 Å². The number of carbonyl (C=O) groups excluding carboxylic acids is 2. The number of amides is 2. The van der Waals surface area contributed by atoms with Crippen LogP contribution >= 0.6 is 0 Å². The molecule has 2 amide bonds. The maximum absolute atomic E-state index is 13.0. The highest BCUT2D eigenvalue weighted by Crippen LogP contribution is 2.21. The van der Waals surface area contributed by atoms with Crippen molar-refractivity contribution < 1.29 is 14.0 Å². The number of halogens is 1. The first-order valence-electron chi connectivity index (χ1n) is 8.79. The standard InChI is InChI=1S/C20H22FN3O2/c1-14(17-3-2-10-22-13-17)23-19(25)15-8-11-24(12-9-15)20(26)16-4-6-18(21)7-5-16/h2-7,10,13-15H,8-9,11-12H2,1H3,(H,23,25)/t14-/m1/s1. The Morgan fingerprint density at radius 1 is 1.19 bits per heavy atom. The van der Waals surface area contributed by atoms with E-state index in [1.54, 1.807) is 17.3 Å². The van der Waals surface area contributed by atoms with Gasteiger partial charge in [0.15, 0.2) is 0 Å². The summed E-state index contributed by atoms with van der Waals surface area (Å²) in [5, 5.41) is 3.02. The molecule has 1 aliphatic rings. The van der Waals surface area contributed by atoms with Crippen molar-refractivity contribution in [3.8, 4) is 0 Å². The molecule has 2 aromatic rings. The Kier molecular flexibility index (Phi) is 5.61. The van der Waals surface area contributed by atoms with E-state index in [2.05, 4.69) is 10.3 Å². The summed E-state index contributed by atoms with van der Waals surface area (Å²) in [7, 11) is 0. The number of carbonyl (C=O) groups is 2. The Hall–Kier alpha value is -2.76. The van der Waals surface area contributed by atoms with E-state index in [0.29, 0.717) is 31.5 Å². The molecule has 2 heterocycles. The van der Waals surface area contributed by atoms with Gasteiger partial charge in [0.1, 0.15) is 5.82 Å². The van der Waals surface area contributed by atoms with Crippen LogP contribution in [0.25, 0.3) is 0 Å². The van der Waals surface area contributed by atoms with E-state index in [1.165, 1.54) is 24.3 Å². The second kappa shape index (κ2) is 8.08. The fourth-order valence-corrected chi connectivity index (χ4v) is 3.17. The third kappa shape index (κ3) is 4.25. The zero-order valence-electron chi connectivity index (χ0n) is 14.7. The number of likely N-dealkylation sites (tertiary alicyclic amines) is 1. The third-order valence-corrected chi connectivity index (χ3v) is 4.79. The molecule has 0 unspecified atom stereocenters. The number of hydrogen-bond acceptors (Lipinski definition) is 3. The van der Waals surface area contributed by atoms with Crippen LogP contribution in [0.4, 0.5) is 4.39 Å². The van der Waals surface area contributed by atoms with E-state index in [9.17, 15) is 14.0 Å². The first kappa shape index (κ1) is 18.0. The molecule has 136 valence electrons. The van der Waals surface area contributed by atoms with Gasteiger partial charge < -0.3 is 10.2 Å². The normalized spacial score (nSPS) is 16.2. The molecule has 1 saturated heterocycles. The minimum atomic E-state index is -0.361. The van der Waals surface area contributed by atoms with Crippen molar-refractivity contribution in [1.82, 2.24) is 15.2 Å². The maximum atomic E-state index is 13.0. The Balaban J connectivity index is 1.52. The predicted molar refractivity (Wildman–Crippen MR) is 95.8 cm³/mol. The molecule has 1 aromatic heterocycles. The van der Waals surface area contributed by atoms with E-state index in [1.807, 2.05) is 19.1 Å². The molecule has 0 aliphatic carbocycles. The Bertz CT molecular complexity index is 756. The minimum Gasteiger partial charge on any atom is -0.349 e. The van der Waals surface area contributed by atoms with E-state index >= 15 is 0 Å². The highest BCUT2D eigenvalue weighted by atomic mass is 19.1. The van der Waals surface area contributed by atoms with E-state index < -0.39 is 0 Å². The molecule has 1 aliphatic heterocycles. The molecule has 26 heavy (non-hydrogen) atoms. The van der Waals surface area contributed by atoms with Crippen molar-refractivity contribution >= 4 is 11.8 Å². The summed E-state index contributed by atoms with van der Waals surface area (Å²) in [5.41, 5.74) is 1.43. The van der Waals surface area contributed by atoms with Crippen LogP contribution in [0.5, 0.6) is 0 Å². The van der Waals surface area contributed by atoms with Gasteiger partial charge in [-0.2, -0.15) is 0 Å². The van der Waals surface area contributed by atoms with Crippen LogP contribution in [0.1, 0.15) is 41.7 Å². The third-order valence-electron chi connectivity index (χ3n) is 4.79. The van der Waals surface area contributed by atoms with E-state index in [0.717, 1.165) is 5.56 Å². The second-order valence-corrected chi connectivity index (χ2v) is 6.59. The van der Waals surface area contributed by atoms with Gasteiger partial charge in [-0.15, -0.1) is 0 Å². The molecule has 0 saturated carbocycles. The average Bonchev–Trinajstić information content (AvgIpc) is 2.69. The molecule has 1 fully saturated rings. The summed E-state index contributed by atoms with van der Waals surface area (Å²) >= 11 is 0. The van der Waals surface area contributed by atoms with Gasteiger partial charge in [-0.1, -0.05) is 6.07 Å². The van der Waals surface area contributed by atoms with Crippen molar-refractivity contribution in [2.45, 2.75) is 25.8 Å². The summed E-state index contributed by atoms with van der Waals surface area (Å²) in [6.45, 7) is 2.98. The molecule has 1 aromatic carbocycles. The molecular formula is C20H22FN3O2. The quantitative estimate of drug-likeness (QED) is 0.917. The number of rotatable bonds is 4. The number of nitrogens with one attached hydrogen (secondary N) is 1. The summed E-state index contributed by atoms with van der Waals surface area (Å²) in [6.07, 6.45) is 4.69. The van der Waals surface area contributed by atoms with Crippen LogP contribution in [0, 0.1) is 11.7 Å². The van der Waals surface area contributed by atoms with Gasteiger partial charge in [-0.05, 0) is 55.7 Å². The fraction of sp³-hybridized carbons (Fsp3) is 0.350. The molecule has 1 atom stereocenters. The van der Waals surface area contributed by atoms with Crippen molar-refractivity contribution in [1.29, 1.82) is 0 Å². The van der Waals surface area contributed by atoms with Gasteiger partial charge in [-0.3, -0.25) is 14.6 Å². The summed E-state index contributed by atoms with van der Waals surface area (Å²) < 4.78 is 13.0. The van der Waals surface area contributed by atoms with Crippen LogP contribution in [0.3, 0.4) is 0 Å². The summed E-state index contributed by atoms with van der Waals surface area (Å²) in [6, 6.07) is 9.23. The van der Waals surface area contributed by atoms with Crippen molar-refractivity contribution in [2.24, 2.45) is 5.92 Å². The van der Waals surface area contributed by atoms with Crippen molar-refractivity contribution in [3.63, 3.8) is 0 Å². The monoisotopic (exact) mass is 355 g/mol. The molecule has 0 bridgehead atoms. The Labute approximate surface area is 152 Å². The first-order valence-corrected chi connectivity index (χ1v) is 8.79. The number of pyridine rings is 1. The van der Waals surface area contributed by atoms with Gasteiger partial charge >= 0.3 is 0 Å². The van der Waals surface area contributed by atoms with Crippen LogP contribution in [-0.4, -0.2) is 34.8 Å². The molecule has 0 spiro atoms. The van der Waals surface area contributed by atoms with Crippen LogP contribution in [0.2, 0.25) is 0 Å². The highest BCUT2D eigenvalue weighted by Gasteiger charge is 2.28. The molecule has 5 nitrogen and oxygen atoms in total. The van der Waals surface area contributed by atoms with Crippen LogP contribution in [0.15, 0.2) is 48.8 Å². The highest BCUT2D eigenvalue weighted by molar-refractivity contribution is 5.94. The maximum Gasteiger partial charge on any atom is 0.253 e. The van der Waals surface area contributed by atoms with Gasteiger partial charge in [0.25, 0.3) is 5.91 Å². The van der Waals surface area contributed by atoms with E-state index in [4.69, 9.17) is 0 Å². The van der Waals surface area contributed by atoms with Crippen LogP contribution in [-0.2, 0) is 4.79 Å². The predicted octanol–water partition coefficient (Wildman–Crippen LogP) is 2.95. The molecule has 3 rings (SSSR count). The van der Waals surface area contributed by atoms with E-state index in [-0.39, 0.29) is 29.6 Å². The second-order valence-electron chi connectivity index (χ2n) is 6.59. The number of aromatic nitrogens is 1. The largest absolute Gasteiger partial charge is 0.349 e. The van der Waals surface area contributed by atoms with Crippen molar-refractivity contribution in [2.75, 3.05) is 13.1 Å². The van der Waals surface area contributed by atoms with Gasteiger partial charge in [0.05, 0.1) is 6.04 Å². The Morgan fingerprint density at radius 2 is 1.88 bits per heavy atom. The van der Waals surface area contributed by atoms with Gasteiger partial charge in [0, 0.05) is 37.0 Å². The lowest BCUT2D eigenvalue weighted by Gasteiger charge is -2.32. The topological polar surface area (TPSA) is 62.3 Å². The number of benzene rings is 1. The Morgan fingerprint density at radius 3 is 2.50 bits per heavy atom. The molecular weight excluding hydrogens is 333 g/mol. The summed E-state index contributed by atoms with van der Waals surface area (Å²) in [5.74, 6) is -0.575. The zero-order valence-corrected chi connectivity index (χ0v) is 14.7. The van der Waals surface area contributed by atoms with Crippen molar-refractivity contribution in [3.05, 3.63) is 65.7 Å². The number of piperidine rings is 1. The number of nitrogens with zero attached hydrogens (tertiary/aromatic N) is 2. The van der Waals surface area contributed by atoms with Crippen LogP contribution < -0.4 is 5.32 Å². The van der Waals surface area contributed by atoms with Gasteiger partial charge in [-0.25, -0.2) is 4.39 Å².